The maximum Gasteiger partial charge on any atom is 0.228 e. The van der Waals surface area contributed by atoms with E-state index < -0.39 is 32.4 Å². The number of benzene rings is 2. The summed E-state index contributed by atoms with van der Waals surface area (Å²) in [6.45, 7) is 1.81. The molecule has 3 aromatic rings. The average Bonchev–Trinajstić information content (AvgIpc) is 3.43. The lowest BCUT2D eigenvalue weighted by Crippen LogP contribution is -2.45. The third-order valence-electron chi connectivity index (χ3n) is 8.27. The Balaban J connectivity index is 1.38. The molecule has 1 unspecified atom stereocenters. The molecule has 2 fully saturated rings. The molecule has 0 bridgehead atoms. The van der Waals surface area contributed by atoms with Crippen LogP contribution in [-0.2, 0) is 26.8 Å². The quantitative estimate of drug-likeness (QED) is 0.523. The molecule has 2 aliphatic rings. The van der Waals surface area contributed by atoms with Gasteiger partial charge < -0.3 is 10.3 Å². The number of amides is 1. The number of hydrogen-bond acceptors (Lipinski definition) is 5. The zero-order valence-corrected chi connectivity index (χ0v) is 21.6. The molecule has 1 aliphatic heterocycles. The van der Waals surface area contributed by atoms with Crippen LogP contribution in [0.15, 0.2) is 61.2 Å². The molecule has 2 atom stereocenters. The first-order chi connectivity index (χ1) is 17.7. The fraction of sp³-hybridized carbons (Fsp3) is 0.444. The number of carbonyl (C=O) groups excluding carboxylic acids is 1. The zero-order valence-electron chi connectivity index (χ0n) is 20.8. The second-order valence-corrected chi connectivity index (χ2v) is 12.4. The second-order valence-electron chi connectivity index (χ2n) is 10.3. The Hall–Kier alpha value is -3.11. The van der Waals surface area contributed by atoms with E-state index in [0.29, 0.717) is 44.1 Å². The van der Waals surface area contributed by atoms with Crippen molar-refractivity contribution in [2.45, 2.75) is 74.7 Å². The van der Waals surface area contributed by atoms with Gasteiger partial charge in [-0.3, -0.25) is 4.79 Å². The van der Waals surface area contributed by atoms with Gasteiger partial charge in [0.15, 0.2) is 0 Å². The second kappa shape index (κ2) is 9.98. The highest BCUT2D eigenvalue weighted by Crippen LogP contribution is 2.44. The molecule has 2 N–H and O–H groups in total. The molecule has 37 heavy (non-hydrogen) atoms. The number of halogens is 1. The molecule has 1 saturated heterocycles. The summed E-state index contributed by atoms with van der Waals surface area (Å²) in [6, 6.07) is 13.8. The van der Waals surface area contributed by atoms with Gasteiger partial charge in [0.25, 0.3) is 0 Å². The first-order valence-corrected chi connectivity index (χ1v) is 14.2. The SMILES string of the molecule is C[C@H]1CCC(c2ccccc2)S(=O)(=O)N1Cc1ccc(C2(C(N)=O)CCC(n3cnnc3)CC2)cc1F. The van der Waals surface area contributed by atoms with Crippen LogP contribution in [0.25, 0.3) is 0 Å². The summed E-state index contributed by atoms with van der Waals surface area (Å²) in [5, 5.41) is 7.07. The summed E-state index contributed by atoms with van der Waals surface area (Å²) in [5.41, 5.74) is 6.49. The molecule has 1 amide bonds. The van der Waals surface area contributed by atoms with Crippen molar-refractivity contribution in [3.05, 3.63) is 83.7 Å². The smallest absolute Gasteiger partial charge is 0.228 e. The van der Waals surface area contributed by atoms with Gasteiger partial charge in [0.2, 0.25) is 15.9 Å². The van der Waals surface area contributed by atoms with E-state index in [2.05, 4.69) is 10.2 Å². The number of sulfonamides is 1. The molecular weight excluding hydrogens is 493 g/mol. The molecule has 5 rings (SSSR count). The molecule has 2 heterocycles. The van der Waals surface area contributed by atoms with Gasteiger partial charge in [0.1, 0.15) is 23.7 Å². The average molecular weight is 526 g/mol. The van der Waals surface area contributed by atoms with Crippen LogP contribution in [0.3, 0.4) is 0 Å². The Kier molecular flexibility index (Phi) is 6.89. The van der Waals surface area contributed by atoms with Gasteiger partial charge in [-0.1, -0.05) is 42.5 Å². The normalized spacial score (nSPS) is 28.1. The Morgan fingerprint density at radius 2 is 1.73 bits per heavy atom. The predicted molar refractivity (Wildman–Crippen MR) is 137 cm³/mol. The summed E-state index contributed by atoms with van der Waals surface area (Å²) in [5.74, 6) is -0.997. The van der Waals surface area contributed by atoms with Crippen LogP contribution in [0.4, 0.5) is 4.39 Å². The van der Waals surface area contributed by atoms with Gasteiger partial charge in [-0.05, 0) is 62.6 Å². The molecule has 8 nitrogen and oxygen atoms in total. The molecule has 1 aliphatic carbocycles. The van der Waals surface area contributed by atoms with Crippen molar-refractivity contribution in [3.63, 3.8) is 0 Å². The Bertz CT molecular complexity index is 1360. The van der Waals surface area contributed by atoms with Gasteiger partial charge in [-0.15, -0.1) is 10.2 Å². The van der Waals surface area contributed by atoms with Crippen molar-refractivity contribution in [2.75, 3.05) is 0 Å². The van der Waals surface area contributed by atoms with Crippen LogP contribution in [-0.4, -0.2) is 39.4 Å². The van der Waals surface area contributed by atoms with Crippen LogP contribution < -0.4 is 5.73 Å². The van der Waals surface area contributed by atoms with E-state index in [1.54, 1.807) is 24.8 Å². The number of hydrogen-bond donors (Lipinski definition) is 1. The van der Waals surface area contributed by atoms with Crippen molar-refractivity contribution in [1.82, 2.24) is 19.1 Å². The Labute approximate surface area is 216 Å². The summed E-state index contributed by atoms with van der Waals surface area (Å²) >= 11 is 0. The molecule has 196 valence electrons. The van der Waals surface area contributed by atoms with E-state index in [4.69, 9.17) is 5.73 Å². The van der Waals surface area contributed by atoms with E-state index >= 15 is 4.39 Å². The lowest BCUT2D eigenvalue weighted by atomic mass is 9.67. The fourth-order valence-electron chi connectivity index (χ4n) is 5.96. The number of carbonyl (C=O) groups is 1. The van der Waals surface area contributed by atoms with Crippen molar-refractivity contribution >= 4 is 15.9 Å². The van der Waals surface area contributed by atoms with E-state index in [9.17, 15) is 13.2 Å². The molecule has 1 saturated carbocycles. The number of aromatic nitrogens is 3. The standard InChI is InChI=1S/C27H32FN5O3S/c1-19-7-10-25(20-5-3-2-4-6-20)37(35,36)33(19)16-21-8-9-22(15-24(21)28)27(26(29)34)13-11-23(12-14-27)32-17-30-31-18-32/h2-6,8-9,15,17-19,23,25H,7,10-14,16H2,1H3,(H2,29,34)/t19-,23?,25?,27?/m0/s1. The minimum atomic E-state index is -3.69. The van der Waals surface area contributed by atoms with Crippen LogP contribution in [0.2, 0.25) is 0 Å². The third kappa shape index (κ3) is 4.68. The largest absolute Gasteiger partial charge is 0.369 e. The summed E-state index contributed by atoms with van der Waals surface area (Å²) in [6.07, 6.45) is 6.90. The van der Waals surface area contributed by atoms with Gasteiger partial charge in [0.05, 0.1) is 5.41 Å². The lowest BCUT2D eigenvalue weighted by molar-refractivity contribution is -0.125. The number of primary amides is 1. The highest BCUT2D eigenvalue weighted by molar-refractivity contribution is 7.89. The molecule has 0 spiro atoms. The fourth-order valence-corrected chi connectivity index (χ4v) is 8.15. The van der Waals surface area contributed by atoms with Gasteiger partial charge >= 0.3 is 0 Å². The van der Waals surface area contributed by atoms with E-state index in [1.807, 2.05) is 41.8 Å². The van der Waals surface area contributed by atoms with Gasteiger partial charge in [0, 0.05) is 24.2 Å². The van der Waals surface area contributed by atoms with Crippen molar-refractivity contribution in [1.29, 1.82) is 0 Å². The third-order valence-corrected chi connectivity index (χ3v) is 10.6. The highest BCUT2D eigenvalue weighted by Gasteiger charge is 2.43. The molecule has 10 heteroatoms. The highest BCUT2D eigenvalue weighted by atomic mass is 32.2. The van der Waals surface area contributed by atoms with Gasteiger partial charge in [-0.2, -0.15) is 4.31 Å². The summed E-state index contributed by atoms with van der Waals surface area (Å²) < 4.78 is 46.0. The zero-order chi connectivity index (χ0) is 26.2. The Morgan fingerprint density at radius 3 is 2.35 bits per heavy atom. The van der Waals surface area contributed by atoms with Crippen molar-refractivity contribution < 1.29 is 17.6 Å². The monoisotopic (exact) mass is 525 g/mol. The van der Waals surface area contributed by atoms with Crippen LogP contribution in [0, 0.1) is 5.82 Å². The topological polar surface area (TPSA) is 111 Å². The maximum absolute atomic E-state index is 15.5. The molecular formula is C27H32FN5O3S. The minimum Gasteiger partial charge on any atom is -0.369 e. The van der Waals surface area contributed by atoms with Crippen LogP contribution >= 0.6 is 0 Å². The van der Waals surface area contributed by atoms with E-state index in [1.165, 1.54) is 10.4 Å². The lowest BCUT2D eigenvalue weighted by Gasteiger charge is -2.39. The first-order valence-electron chi connectivity index (χ1n) is 12.7. The van der Waals surface area contributed by atoms with Gasteiger partial charge in [-0.25, -0.2) is 12.8 Å². The number of nitrogens with zero attached hydrogens (tertiary/aromatic N) is 4. The summed E-state index contributed by atoms with van der Waals surface area (Å²) in [4.78, 5) is 12.7. The molecule has 2 aromatic carbocycles. The predicted octanol–water partition coefficient (Wildman–Crippen LogP) is 4.01. The minimum absolute atomic E-state index is 0.0573. The van der Waals surface area contributed by atoms with Crippen LogP contribution in [0.1, 0.15) is 73.4 Å². The molecule has 0 radical (unpaired) electrons. The van der Waals surface area contributed by atoms with E-state index in [0.717, 1.165) is 5.56 Å². The summed E-state index contributed by atoms with van der Waals surface area (Å²) in [7, 11) is -3.69. The molecule has 1 aromatic heterocycles. The van der Waals surface area contributed by atoms with Crippen LogP contribution in [0.5, 0.6) is 0 Å². The number of nitrogens with two attached hydrogens (primary N) is 1. The van der Waals surface area contributed by atoms with Crippen molar-refractivity contribution in [2.24, 2.45) is 5.73 Å². The van der Waals surface area contributed by atoms with E-state index in [-0.39, 0.29) is 24.2 Å². The Morgan fingerprint density at radius 1 is 1.05 bits per heavy atom. The first kappa shape index (κ1) is 25.5. The number of rotatable bonds is 6. The van der Waals surface area contributed by atoms with Crippen molar-refractivity contribution in [3.8, 4) is 0 Å². The maximum atomic E-state index is 15.5.